The molecule has 0 unspecified atom stereocenters. The molecule has 3 aromatic rings. The Bertz CT molecular complexity index is 959. The largest absolute Gasteiger partial charge is 0.442 e. The summed E-state index contributed by atoms with van der Waals surface area (Å²) >= 11 is 0. The number of sulfonamides is 1. The highest BCUT2D eigenvalue weighted by Crippen LogP contribution is 2.31. The summed E-state index contributed by atoms with van der Waals surface area (Å²) in [5, 5.41) is 11.3. The number of aromatic nitrogens is 4. The molecule has 0 spiro atoms. The van der Waals surface area contributed by atoms with Crippen molar-refractivity contribution < 1.29 is 26.0 Å². The predicted molar refractivity (Wildman–Crippen MR) is 78.5 cm³/mol. The molecule has 0 aliphatic heterocycles. The van der Waals surface area contributed by atoms with Crippen molar-refractivity contribution in [1.29, 1.82) is 0 Å². The smallest absolute Gasteiger partial charge is 0.432 e. The predicted octanol–water partition coefficient (Wildman–Crippen LogP) is 2.23. The molecule has 3 rings (SSSR count). The van der Waals surface area contributed by atoms with E-state index in [4.69, 9.17) is 4.42 Å². The fraction of sp³-hybridized carbons (Fsp3) is 0.231. The summed E-state index contributed by atoms with van der Waals surface area (Å²) in [5.41, 5.74) is -0.635. The van der Waals surface area contributed by atoms with E-state index in [2.05, 4.69) is 15.3 Å². The Labute approximate surface area is 139 Å². The summed E-state index contributed by atoms with van der Waals surface area (Å²) in [5.74, 6) is -0.0970. The van der Waals surface area contributed by atoms with E-state index in [0.29, 0.717) is 5.69 Å². The number of nitrogens with one attached hydrogen (secondary N) is 2. The van der Waals surface area contributed by atoms with Gasteiger partial charge in [0.05, 0.1) is 12.2 Å². The highest BCUT2D eigenvalue weighted by atomic mass is 32.2. The van der Waals surface area contributed by atoms with Crippen LogP contribution in [0.25, 0.3) is 11.5 Å². The number of nitrogens with zero attached hydrogens (tertiary/aromatic N) is 3. The molecule has 2 N–H and O–H groups in total. The molecular weight excluding hydrogens is 363 g/mol. The first-order chi connectivity index (χ1) is 11.7. The minimum Gasteiger partial charge on any atom is -0.442 e. The summed E-state index contributed by atoms with van der Waals surface area (Å²) < 4.78 is 68.9. The van der Waals surface area contributed by atoms with Gasteiger partial charge in [0, 0.05) is 13.2 Å². The summed E-state index contributed by atoms with van der Waals surface area (Å²) in [6.07, 6.45) is -3.10. The summed E-state index contributed by atoms with van der Waals surface area (Å²) in [4.78, 5) is 0. The molecular formula is C13H12F3N5O3S. The standard InChI is InChI=1S/C13H12F3N5O3S/c1-21(7-8-4-5-17-18-8)25(22,23)12-3-2-10(24-12)9-6-11(20-19-9)13(14,15)16/h2-6H,7H2,1H3,(H,17,18)(H,19,20). The molecule has 0 aromatic carbocycles. The monoisotopic (exact) mass is 375 g/mol. The summed E-state index contributed by atoms with van der Waals surface area (Å²) in [6, 6.07) is 4.76. The highest BCUT2D eigenvalue weighted by Gasteiger charge is 2.34. The molecule has 0 aliphatic rings. The van der Waals surface area contributed by atoms with Crippen LogP contribution in [0.3, 0.4) is 0 Å². The molecule has 25 heavy (non-hydrogen) atoms. The number of alkyl halides is 3. The lowest BCUT2D eigenvalue weighted by atomic mass is 10.3. The zero-order valence-electron chi connectivity index (χ0n) is 12.7. The van der Waals surface area contributed by atoms with E-state index in [0.717, 1.165) is 16.4 Å². The van der Waals surface area contributed by atoms with Crippen LogP contribution >= 0.6 is 0 Å². The third kappa shape index (κ3) is 3.44. The van der Waals surface area contributed by atoms with Gasteiger partial charge in [-0.2, -0.15) is 27.7 Å². The van der Waals surface area contributed by atoms with E-state index in [-0.39, 0.29) is 18.0 Å². The lowest BCUT2D eigenvalue weighted by Crippen LogP contribution is -2.26. The minimum atomic E-state index is -4.59. The molecule has 0 bridgehead atoms. The SMILES string of the molecule is CN(Cc1ccn[nH]1)S(=O)(=O)c1ccc(-c2cc(C(F)(F)F)[nH]n2)o1. The van der Waals surface area contributed by atoms with E-state index < -0.39 is 27.0 Å². The Morgan fingerprint density at radius 2 is 2.00 bits per heavy atom. The van der Waals surface area contributed by atoms with Crippen LogP contribution in [0.5, 0.6) is 0 Å². The molecule has 0 atom stereocenters. The molecule has 8 nitrogen and oxygen atoms in total. The number of rotatable bonds is 5. The molecule has 0 saturated heterocycles. The molecule has 3 heterocycles. The Kier molecular flexibility index (Phi) is 4.16. The molecule has 134 valence electrons. The number of hydrogen-bond acceptors (Lipinski definition) is 5. The normalized spacial score (nSPS) is 12.8. The maximum Gasteiger partial charge on any atom is 0.432 e. The van der Waals surface area contributed by atoms with E-state index in [9.17, 15) is 21.6 Å². The van der Waals surface area contributed by atoms with Crippen LogP contribution in [-0.4, -0.2) is 40.2 Å². The van der Waals surface area contributed by atoms with E-state index >= 15 is 0 Å². The third-order valence-electron chi connectivity index (χ3n) is 3.33. The van der Waals surface area contributed by atoms with Crippen LogP contribution in [0.15, 0.2) is 40.0 Å². The van der Waals surface area contributed by atoms with E-state index in [1.54, 1.807) is 6.07 Å². The quantitative estimate of drug-likeness (QED) is 0.711. The zero-order chi connectivity index (χ0) is 18.2. The van der Waals surface area contributed by atoms with Crippen molar-refractivity contribution in [3.8, 4) is 11.5 Å². The van der Waals surface area contributed by atoms with Gasteiger partial charge in [-0.15, -0.1) is 0 Å². The van der Waals surface area contributed by atoms with Crippen LogP contribution in [-0.2, 0) is 22.7 Å². The topological polar surface area (TPSA) is 108 Å². The van der Waals surface area contributed by atoms with Gasteiger partial charge in [0.25, 0.3) is 10.0 Å². The van der Waals surface area contributed by atoms with Gasteiger partial charge in [-0.05, 0) is 24.3 Å². The van der Waals surface area contributed by atoms with Crippen molar-refractivity contribution in [2.45, 2.75) is 17.8 Å². The van der Waals surface area contributed by atoms with E-state index in [1.807, 2.05) is 5.10 Å². The second-order valence-corrected chi connectivity index (χ2v) is 7.10. The van der Waals surface area contributed by atoms with Crippen LogP contribution < -0.4 is 0 Å². The fourth-order valence-corrected chi connectivity index (χ4v) is 3.09. The van der Waals surface area contributed by atoms with Gasteiger partial charge < -0.3 is 4.42 Å². The van der Waals surface area contributed by atoms with Crippen LogP contribution in [0.2, 0.25) is 0 Å². The van der Waals surface area contributed by atoms with Gasteiger partial charge in [-0.1, -0.05) is 0 Å². The van der Waals surface area contributed by atoms with Gasteiger partial charge in [0.1, 0.15) is 11.4 Å². The molecule has 12 heteroatoms. The van der Waals surface area contributed by atoms with Crippen LogP contribution in [0, 0.1) is 0 Å². The zero-order valence-corrected chi connectivity index (χ0v) is 13.5. The second kappa shape index (κ2) is 6.04. The Morgan fingerprint density at radius 3 is 2.60 bits per heavy atom. The molecule has 0 saturated carbocycles. The second-order valence-electron chi connectivity index (χ2n) is 5.13. The van der Waals surface area contributed by atoms with Crippen molar-refractivity contribution in [1.82, 2.24) is 24.7 Å². The molecule has 0 fully saturated rings. The van der Waals surface area contributed by atoms with Gasteiger partial charge in [0.15, 0.2) is 5.76 Å². The summed E-state index contributed by atoms with van der Waals surface area (Å²) in [6.45, 7) is 0.0268. The van der Waals surface area contributed by atoms with Crippen molar-refractivity contribution in [3.63, 3.8) is 0 Å². The first-order valence-corrected chi connectivity index (χ1v) is 8.29. The van der Waals surface area contributed by atoms with Crippen molar-refractivity contribution >= 4 is 10.0 Å². The van der Waals surface area contributed by atoms with Crippen molar-refractivity contribution in [2.24, 2.45) is 0 Å². The molecule has 0 amide bonds. The summed E-state index contributed by atoms with van der Waals surface area (Å²) in [7, 11) is -2.62. The van der Waals surface area contributed by atoms with Gasteiger partial charge in [-0.3, -0.25) is 10.2 Å². The van der Waals surface area contributed by atoms with Crippen molar-refractivity contribution in [2.75, 3.05) is 7.05 Å². The van der Waals surface area contributed by atoms with Gasteiger partial charge >= 0.3 is 6.18 Å². The third-order valence-corrected chi connectivity index (χ3v) is 5.01. The number of hydrogen-bond donors (Lipinski definition) is 2. The molecule has 0 aliphatic carbocycles. The van der Waals surface area contributed by atoms with Gasteiger partial charge in [-0.25, -0.2) is 8.42 Å². The Balaban J connectivity index is 1.83. The lowest BCUT2D eigenvalue weighted by Gasteiger charge is -2.13. The highest BCUT2D eigenvalue weighted by molar-refractivity contribution is 7.88. The number of furan rings is 1. The fourth-order valence-electron chi connectivity index (χ4n) is 2.04. The lowest BCUT2D eigenvalue weighted by molar-refractivity contribution is -0.141. The average Bonchev–Trinajstić information content (AvgIpc) is 3.26. The van der Waals surface area contributed by atoms with Gasteiger partial charge in [0.2, 0.25) is 5.09 Å². The average molecular weight is 375 g/mol. The number of halogens is 3. The van der Waals surface area contributed by atoms with Crippen LogP contribution in [0.1, 0.15) is 11.4 Å². The first kappa shape index (κ1) is 17.2. The maximum absolute atomic E-state index is 12.6. The minimum absolute atomic E-state index is 0.0268. The Hall–Kier alpha value is -2.60. The maximum atomic E-state index is 12.6. The molecule has 3 aromatic heterocycles. The Morgan fingerprint density at radius 1 is 1.24 bits per heavy atom. The van der Waals surface area contributed by atoms with E-state index in [1.165, 1.54) is 19.3 Å². The molecule has 0 radical (unpaired) electrons. The number of aromatic amines is 2. The van der Waals surface area contributed by atoms with Crippen molar-refractivity contribution in [3.05, 3.63) is 41.9 Å². The van der Waals surface area contributed by atoms with Crippen LogP contribution in [0.4, 0.5) is 13.2 Å². The first-order valence-electron chi connectivity index (χ1n) is 6.85. The number of H-pyrrole nitrogens is 2.